The quantitative estimate of drug-likeness (QED) is 0.517. The lowest BCUT2D eigenvalue weighted by molar-refractivity contribution is -0.384. The molecule has 152 valence electrons. The fourth-order valence-electron chi connectivity index (χ4n) is 3.34. The van der Waals surface area contributed by atoms with Crippen molar-refractivity contribution in [3.05, 3.63) is 82.2 Å². The second-order valence-electron chi connectivity index (χ2n) is 6.95. The highest BCUT2D eigenvalue weighted by Crippen LogP contribution is 2.18. The number of nitro groups is 1. The molecule has 2 heterocycles. The number of benzene rings is 2. The highest BCUT2D eigenvalue weighted by molar-refractivity contribution is 6.04. The van der Waals surface area contributed by atoms with Crippen LogP contribution in [0.4, 0.5) is 11.4 Å². The highest BCUT2D eigenvalue weighted by atomic mass is 16.6. The summed E-state index contributed by atoms with van der Waals surface area (Å²) < 4.78 is 1.46. The molecule has 0 saturated carbocycles. The third-order valence-electron chi connectivity index (χ3n) is 4.91. The van der Waals surface area contributed by atoms with Crippen molar-refractivity contribution in [3.8, 4) is 5.69 Å². The van der Waals surface area contributed by atoms with Crippen molar-refractivity contribution < 1.29 is 14.5 Å². The molecule has 0 atom stereocenters. The number of carbonyl (C=O) groups is 2. The van der Waals surface area contributed by atoms with Crippen LogP contribution in [-0.2, 0) is 0 Å². The third kappa shape index (κ3) is 4.04. The minimum absolute atomic E-state index is 0.0211. The number of nitrogens with zero attached hydrogens (tertiary/aromatic N) is 4. The Labute approximate surface area is 172 Å². The minimum Gasteiger partial charge on any atom is -0.339 e. The summed E-state index contributed by atoms with van der Waals surface area (Å²) in [6.45, 7) is 1.52. The van der Waals surface area contributed by atoms with E-state index in [2.05, 4.69) is 10.4 Å². The van der Waals surface area contributed by atoms with Gasteiger partial charge in [0.1, 0.15) is 0 Å². The Bertz CT molecular complexity index is 1100. The van der Waals surface area contributed by atoms with E-state index in [9.17, 15) is 19.7 Å². The van der Waals surface area contributed by atoms with Crippen LogP contribution in [0.5, 0.6) is 0 Å². The van der Waals surface area contributed by atoms with E-state index in [0.29, 0.717) is 16.9 Å². The van der Waals surface area contributed by atoms with Gasteiger partial charge in [-0.3, -0.25) is 19.7 Å². The Balaban J connectivity index is 1.46. The van der Waals surface area contributed by atoms with E-state index in [1.54, 1.807) is 48.7 Å². The predicted octanol–water partition coefficient (Wildman–Crippen LogP) is 3.27. The normalized spacial score (nSPS) is 13.3. The maximum Gasteiger partial charge on any atom is 0.276 e. The zero-order valence-corrected chi connectivity index (χ0v) is 16.0. The van der Waals surface area contributed by atoms with E-state index in [-0.39, 0.29) is 17.3 Å². The predicted molar refractivity (Wildman–Crippen MR) is 110 cm³/mol. The van der Waals surface area contributed by atoms with Crippen LogP contribution in [-0.4, -0.2) is 44.5 Å². The molecule has 1 aromatic heterocycles. The van der Waals surface area contributed by atoms with Crippen LogP contribution in [0.15, 0.2) is 60.8 Å². The maximum absolute atomic E-state index is 12.6. The number of hydrogen-bond acceptors (Lipinski definition) is 5. The second kappa shape index (κ2) is 8.16. The first kappa shape index (κ1) is 19.3. The molecule has 2 aromatic carbocycles. The molecule has 4 rings (SSSR count). The van der Waals surface area contributed by atoms with Crippen molar-refractivity contribution in [1.82, 2.24) is 14.7 Å². The molecule has 0 bridgehead atoms. The van der Waals surface area contributed by atoms with E-state index in [4.69, 9.17) is 0 Å². The van der Waals surface area contributed by atoms with Gasteiger partial charge in [0.05, 0.1) is 10.6 Å². The molecular weight excluding hydrogens is 386 g/mol. The van der Waals surface area contributed by atoms with Gasteiger partial charge in [0, 0.05) is 42.7 Å². The number of non-ortho nitro benzene ring substituents is 1. The van der Waals surface area contributed by atoms with Crippen molar-refractivity contribution in [3.63, 3.8) is 0 Å². The topological polar surface area (TPSA) is 110 Å². The van der Waals surface area contributed by atoms with Gasteiger partial charge in [0.2, 0.25) is 0 Å². The fraction of sp³-hybridized carbons (Fsp3) is 0.190. The van der Waals surface area contributed by atoms with Gasteiger partial charge in [0.25, 0.3) is 17.5 Å². The third-order valence-corrected chi connectivity index (χ3v) is 4.91. The van der Waals surface area contributed by atoms with Crippen molar-refractivity contribution in [2.24, 2.45) is 0 Å². The van der Waals surface area contributed by atoms with Crippen molar-refractivity contribution in [1.29, 1.82) is 0 Å². The zero-order chi connectivity index (χ0) is 21.1. The summed E-state index contributed by atoms with van der Waals surface area (Å²) in [5, 5.41) is 17.8. The van der Waals surface area contributed by atoms with Crippen LogP contribution in [0.3, 0.4) is 0 Å². The largest absolute Gasteiger partial charge is 0.339 e. The average Bonchev–Trinajstić information content (AvgIpc) is 3.46. The van der Waals surface area contributed by atoms with Crippen LogP contribution in [0.25, 0.3) is 5.69 Å². The monoisotopic (exact) mass is 405 g/mol. The van der Waals surface area contributed by atoms with E-state index in [0.717, 1.165) is 25.9 Å². The molecule has 1 fully saturated rings. The lowest BCUT2D eigenvalue weighted by Gasteiger charge is -2.15. The molecule has 1 N–H and O–H groups in total. The Morgan fingerprint density at radius 3 is 2.47 bits per heavy atom. The van der Waals surface area contributed by atoms with Gasteiger partial charge < -0.3 is 10.2 Å². The molecule has 1 aliphatic heterocycles. The summed E-state index contributed by atoms with van der Waals surface area (Å²) in [6, 6.07) is 14.3. The SMILES string of the molecule is O=C(Nc1cccc(C(=O)N2CCCC2)c1)c1ccn(-c2ccc([N+](=O)[O-])cc2)n1. The molecule has 0 radical (unpaired) electrons. The molecule has 30 heavy (non-hydrogen) atoms. The lowest BCUT2D eigenvalue weighted by Crippen LogP contribution is -2.27. The van der Waals surface area contributed by atoms with Crippen LogP contribution < -0.4 is 5.32 Å². The Kier molecular flexibility index (Phi) is 5.25. The van der Waals surface area contributed by atoms with E-state index >= 15 is 0 Å². The van der Waals surface area contributed by atoms with Gasteiger partial charge in [-0.05, 0) is 49.2 Å². The molecule has 1 saturated heterocycles. The standard InChI is InChI=1S/C21H19N5O4/c27-20(19-10-13-25(23-19)17-6-8-18(9-7-17)26(29)30)22-16-5-3-4-15(14-16)21(28)24-11-1-2-12-24/h3-10,13-14H,1-2,11-12H2,(H,22,27). The number of amides is 2. The van der Waals surface area contributed by atoms with Gasteiger partial charge in [-0.25, -0.2) is 4.68 Å². The molecule has 3 aromatic rings. The molecule has 0 aliphatic carbocycles. The number of anilines is 1. The number of hydrogen-bond donors (Lipinski definition) is 1. The van der Waals surface area contributed by atoms with Crippen molar-refractivity contribution in [2.45, 2.75) is 12.8 Å². The fourth-order valence-corrected chi connectivity index (χ4v) is 3.34. The van der Waals surface area contributed by atoms with Crippen LogP contribution in [0.1, 0.15) is 33.7 Å². The first-order valence-electron chi connectivity index (χ1n) is 9.52. The van der Waals surface area contributed by atoms with Crippen molar-refractivity contribution in [2.75, 3.05) is 18.4 Å². The van der Waals surface area contributed by atoms with E-state index < -0.39 is 10.8 Å². The molecule has 9 heteroatoms. The number of rotatable bonds is 5. The van der Waals surface area contributed by atoms with E-state index in [1.165, 1.54) is 16.8 Å². The van der Waals surface area contributed by atoms with Gasteiger partial charge in [-0.2, -0.15) is 5.10 Å². The van der Waals surface area contributed by atoms with Gasteiger partial charge >= 0.3 is 0 Å². The molecule has 9 nitrogen and oxygen atoms in total. The van der Waals surface area contributed by atoms with Crippen LogP contribution in [0, 0.1) is 10.1 Å². The number of nitrogens with one attached hydrogen (secondary N) is 1. The van der Waals surface area contributed by atoms with E-state index in [1.807, 2.05) is 4.90 Å². The number of aromatic nitrogens is 2. The van der Waals surface area contributed by atoms with Gasteiger partial charge in [0.15, 0.2) is 5.69 Å². The van der Waals surface area contributed by atoms with Gasteiger partial charge in [-0.1, -0.05) is 6.07 Å². The number of likely N-dealkylation sites (tertiary alicyclic amines) is 1. The smallest absolute Gasteiger partial charge is 0.276 e. The molecule has 0 unspecified atom stereocenters. The summed E-state index contributed by atoms with van der Waals surface area (Å²) >= 11 is 0. The van der Waals surface area contributed by atoms with Crippen LogP contribution in [0.2, 0.25) is 0 Å². The summed E-state index contributed by atoms with van der Waals surface area (Å²) in [6.07, 6.45) is 3.63. The van der Waals surface area contributed by atoms with Crippen LogP contribution >= 0.6 is 0 Å². The second-order valence-corrected chi connectivity index (χ2v) is 6.95. The Morgan fingerprint density at radius 1 is 1.03 bits per heavy atom. The average molecular weight is 405 g/mol. The highest BCUT2D eigenvalue weighted by Gasteiger charge is 2.20. The first-order valence-corrected chi connectivity index (χ1v) is 9.52. The van der Waals surface area contributed by atoms with Gasteiger partial charge in [-0.15, -0.1) is 0 Å². The summed E-state index contributed by atoms with van der Waals surface area (Å²) in [7, 11) is 0. The maximum atomic E-state index is 12.6. The summed E-state index contributed by atoms with van der Waals surface area (Å²) in [5.41, 5.74) is 1.80. The molecular formula is C21H19N5O4. The zero-order valence-electron chi connectivity index (χ0n) is 16.0. The molecule has 0 spiro atoms. The molecule has 1 aliphatic rings. The number of nitro benzene ring substituents is 1. The first-order chi connectivity index (χ1) is 14.5. The van der Waals surface area contributed by atoms with Crippen molar-refractivity contribution >= 4 is 23.2 Å². The Morgan fingerprint density at radius 2 is 1.77 bits per heavy atom. The Hall–Kier alpha value is -4.01. The summed E-state index contributed by atoms with van der Waals surface area (Å²) in [5.74, 6) is -0.451. The number of carbonyl (C=O) groups excluding carboxylic acids is 2. The lowest BCUT2D eigenvalue weighted by atomic mass is 10.1. The minimum atomic E-state index is -0.478. The summed E-state index contributed by atoms with van der Waals surface area (Å²) in [4.78, 5) is 37.2. The molecule has 2 amide bonds.